The number of hydrogen-bond donors (Lipinski definition) is 3. The Balaban J connectivity index is 1.99. The molecule has 3 rings (SSSR count). The molecule has 3 N–H and O–H groups in total. The lowest BCUT2D eigenvalue weighted by Crippen LogP contribution is -3.05. The van der Waals surface area contributed by atoms with Gasteiger partial charge in [-0.2, -0.15) is 0 Å². The highest BCUT2D eigenvalue weighted by Gasteiger charge is 2.27. The summed E-state index contributed by atoms with van der Waals surface area (Å²) < 4.78 is 27.7. The Labute approximate surface area is 146 Å². The highest BCUT2D eigenvalue weighted by Crippen LogP contribution is 2.29. The van der Waals surface area contributed by atoms with Crippen molar-refractivity contribution in [1.29, 1.82) is 0 Å². The van der Waals surface area contributed by atoms with Crippen molar-refractivity contribution in [3.63, 3.8) is 0 Å². The first-order valence-corrected chi connectivity index (χ1v) is 9.49. The number of quaternary nitrogens is 1. The van der Waals surface area contributed by atoms with E-state index >= 15 is 0 Å². The number of amides is 2. The third-order valence-electron chi connectivity index (χ3n) is 4.12. The minimum absolute atomic E-state index is 0.0221. The molecule has 2 aromatic carbocycles. The average molecular weight is 362 g/mol. The predicted molar refractivity (Wildman–Crippen MR) is 93.2 cm³/mol. The fraction of sp³-hybridized carbons (Fsp3) is 0.294. The number of rotatable bonds is 6. The van der Waals surface area contributed by atoms with Gasteiger partial charge < -0.3 is 4.90 Å². The van der Waals surface area contributed by atoms with E-state index in [9.17, 15) is 18.0 Å². The summed E-state index contributed by atoms with van der Waals surface area (Å²) in [6.45, 7) is 1.17. The molecule has 0 spiro atoms. The fourth-order valence-corrected chi connectivity index (χ4v) is 4.03. The van der Waals surface area contributed by atoms with Crippen molar-refractivity contribution in [3.05, 3.63) is 41.5 Å². The van der Waals surface area contributed by atoms with Crippen molar-refractivity contribution in [1.82, 2.24) is 10.0 Å². The number of nitrogens with one attached hydrogen (secondary N) is 3. The maximum Gasteiger partial charge on any atom is 0.258 e. The van der Waals surface area contributed by atoms with E-state index in [4.69, 9.17) is 0 Å². The quantitative estimate of drug-likeness (QED) is 0.478. The summed E-state index contributed by atoms with van der Waals surface area (Å²) in [6, 6.07) is 7.80. The molecule has 0 saturated heterocycles. The van der Waals surface area contributed by atoms with E-state index in [1.807, 2.05) is 14.1 Å². The Morgan fingerprint density at radius 2 is 1.80 bits per heavy atom. The molecule has 1 aliphatic heterocycles. The molecule has 7 nitrogen and oxygen atoms in total. The van der Waals surface area contributed by atoms with Gasteiger partial charge in [0.2, 0.25) is 10.0 Å². The molecule has 2 aromatic rings. The minimum Gasteiger partial charge on any atom is -0.340 e. The number of hydrogen-bond acceptors (Lipinski definition) is 4. The summed E-state index contributed by atoms with van der Waals surface area (Å²) >= 11 is 0. The summed E-state index contributed by atoms with van der Waals surface area (Å²) in [4.78, 5) is 25.3. The van der Waals surface area contributed by atoms with Gasteiger partial charge in [0.05, 0.1) is 25.5 Å². The lowest BCUT2D eigenvalue weighted by Gasteiger charge is -2.18. The zero-order valence-electron chi connectivity index (χ0n) is 14.0. The first-order valence-electron chi connectivity index (χ1n) is 8.01. The van der Waals surface area contributed by atoms with Crippen LogP contribution in [0.4, 0.5) is 0 Å². The Bertz CT molecular complexity index is 967. The van der Waals surface area contributed by atoms with Crippen LogP contribution in [0.1, 0.15) is 27.1 Å². The van der Waals surface area contributed by atoms with Gasteiger partial charge in [-0.1, -0.05) is 12.1 Å². The first kappa shape index (κ1) is 17.5. The number of imide groups is 1. The van der Waals surface area contributed by atoms with Gasteiger partial charge in [-0.25, -0.2) is 13.1 Å². The monoisotopic (exact) mass is 362 g/mol. The van der Waals surface area contributed by atoms with E-state index in [0.717, 1.165) is 6.54 Å². The molecule has 1 aliphatic rings. The van der Waals surface area contributed by atoms with Crippen molar-refractivity contribution in [2.24, 2.45) is 0 Å². The summed E-state index contributed by atoms with van der Waals surface area (Å²) in [7, 11) is 0.268. The minimum atomic E-state index is -3.73. The van der Waals surface area contributed by atoms with Crippen LogP contribution in [-0.4, -0.2) is 47.4 Å². The second-order valence-corrected chi connectivity index (χ2v) is 8.13. The molecule has 8 heteroatoms. The molecule has 0 radical (unpaired) electrons. The summed E-state index contributed by atoms with van der Waals surface area (Å²) in [5, 5.41) is 3.29. The lowest BCUT2D eigenvalue weighted by atomic mass is 9.95. The first-order chi connectivity index (χ1) is 11.8. The Kier molecular flexibility index (Phi) is 4.59. The third-order valence-corrected chi connectivity index (χ3v) is 5.56. The Morgan fingerprint density at radius 3 is 2.52 bits per heavy atom. The van der Waals surface area contributed by atoms with E-state index < -0.39 is 21.8 Å². The summed E-state index contributed by atoms with van der Waals surface area (Å²) in [5.41, 5.74) is 0.573. The van der Waals surface area contributed by atoms with E-state index in [-0.39, 0.29) is 10.5 Å². The molecular weight excluding hydrogens is 342 g/mol. The zero-order chi connectivity index (χ0) is 18.2. The van der Waals surface area contributed by atoms with Gasteiger partial charge in [-0.05, 0) is 23.6 Å². The lowest BCUT2D eigenvalue weighted by molar-refractivity contribution is -0.858. The topological polar surface area (TPSA) is 96.8 Å². The summed E-state index contributed by atoms with van der Waals surface area (Å²) in [6.07, 6.45) is 0.709. The van der Waals surface area contributed by atoms with E-state index in [0.29, 0.717) is 29.3 Å². The van der Waals surface area contributed by atoms with Gasteiger partial charge in [0.1, 0.15) is 0 Å². The Morgan fingerprint density at radius 1 is 1.08 bits per heavy atom. The number of carbonyl (C=O) groups excluding carboxylic acids is 2. The van der Waals surface area contributed by atoms with Crippen molar-refractivity contribution in [2.45, 2.75) is 11.3 Å². The van der Waals surface area contributed by atoms with Gasteiger partial charge in [-0.15, -0.1) is 0 Å². The molecule has 25 heavy (non-hydrogen) atoms. The molecule has 0 atom stereocenters. The highest BCUT2D eigenvalue weighted by atomic mass is 32.2. The van der Waals surface area contributed by atoms with Crippen LogP contribution in [0.3, 0.4) is 0 Å². The van der Waals surface area contributed by atoms with Crippen LogP contribution in [-0.2, 0) is 10.0 Å². The van der Waals surface area contributed by atoms with Gasteiger partial charge >= 0.3 is 0 Å². The second-order valence-electron chi connectivity index (χ2n) is 6.37. The van der Waals surface area contributed by atoms with E-state index in [1.165, 1.54) is 17.0 Å². The van der Waals surface area contributed by atoms with E-state index in [1.54, 1.807) is 18.2 Å². The standard InChI is InChI=1S/C17H19N3O4S/c1-20(2)8-4-7-18-25(23,24)12-9-11-5-3-6-13-15(11)14(10-12)17(22)19-16(13)21/h3,5-6,9-10,18H,4,7-8H2,1-2H3,(H,19,21,22)/p+1. The van der Waals surface area contributed by atoms with E-state index in [2.05, 4.69) is 10.0 Å². The molecular formula is C17H20N3O4S+. The maximum atomic E-state index is 12.5. The van der Waals surface area contributed by atoms with Crippen molar-refractivity contribution in [2.75, 3.05) is 27.2 Å². The molecule has 0 aromatic heterocycles. The molecule has 0 saturated carbocycles. The van der Waals surface area contributed by atoms with Gasteiger partial charge in [-0.3, -0.25) is 14.9 Å². The summed E-state index contributed by atoms with van der Waals surface area (Å²) in [5.74, 6) is -1.05. The van der Waals surface area contributed by atoms with Crippen molar-refractivity contribution < 1.29 is 22.9 Å². The molecule has 0 unspecified atom stereocenters. The molecule has 2 amide bonds. The molecule has 0 fully saturated rings. The van der Waals surface area contributed by atoms with Gasteiger partial charge in [0, 0.05) is 29.5 Å². The smallest absolute Gasteiger partial charge is 0.258 e. The molecule has 1 heterocycles. The zero-order valence-corrected chi connectivity index (χ0v) is 14.9. The normalized spacial score (nSPS) is 14.2. The van der Waals surface area contributed by atoms with Gasteiger partial charge in [0.15, 0.2) is 0 Å². The molecule has 132 valence electrons. The number of carbonyl (C=O) groups is 2. The van der Waals surface area contributed by atoms with Crippen molar-refractivity contribution >= 4 is 32.6 Å². The van der Waals surface area contributed by atoms with Gasteiger partial charge in [0.25, 0.3) is 11.8 Å². The maximum absolute atomic E-state index is 12.5. The predicted octanol–water partition coefficient (Wildman–Crippen LogP) is -0.464. The SMILES string of the molecule is C[NH+](C)CCCNS(=O)(=O)c1cc2c3c(cccc3c1)C(=O)NC2=O. The number of sulfonamides is 1. The molecule has 0 bridgehead atoms. The second kappa shape index (κ2) is 6.55. The van der Waals surface area contributed by atoms with Crippen LogP contribution in [0, 0.1) is 0 Å². The fourth-order valence-electron chi connectivity index (χ4n) is 2.89. The largest absolute Gasteiger partial charge is 0.340 e. The van der Waals surface area contributed by atoms with Crippen LogP contribution >= 0.6 is 0 Å². The van der Waals surface area contributed by atoms with Crippen LogP contribution in [0.15, 0.2) is 35.2 Å². The van der Waals surface area contributed by atoms with Crippen LogP contribution in [0.2, 0.25) is 0 Å². The average Bonchev–Trinajstić information content (AvgIpc) is 2.56. The Hall–Kier alpha value is -2.29. The van der Waals surface area contributed by atoms with Crippen molar-refractivity contribution in [3.8, 4) is 0 Å². The molecule has 0 aliphatic carbocycles. The number of benzene rings is 2. The van der Waals surface area contributed by atoms with Crippen LogP contribution < -0.4 is 14.9 Å². The van der Waals surface area contributed by atoms with Crippen LogP contribution in [0.5, 0.6) is 0 Å². The van der Waals surface area contributed by atoms with Crippen LogP contribution in [0.25, 0.3) is 10.8 Å². The third kappa shape index (κ3) is 3.41. The highest BCUT2D eigenvalue weighted by molar-refractivity contribution is 7.89.